The summed E-state index contributed by atoms with van der Waals surface area (Å²) in [6.45, 7) is 2.01. The van der Waals surface area contributed by atoms with Crippen LogP contribution in [0.5, 0.6) is 5.75 Å². The summed E-state index contributed by atoms with van der Waals surface area (Å²) in [7, 11) is 0. The maximum atomic E-state index is 12.4. The van der Waals surface area contributed by atoms with Crippen molar-refractivity contribution in [3.8, 4) is 5.75 Å². The molecule has 0 fully saturated rings. The van der Waals surface area contributed by atoms with Gasteiger partial charge in [-0.25, -0.2) is 0 Å². The van der Waals surface area contributed by atoms with Crippen molar-refractivity contribution in [2.45, 2.75) is 58.7 Å². The molecule has 0 radical (unpaired) electrons. The zero-order valence-corrected chi connectivity index (χ0v) is 13.6. The highest BCUT2D eigenvalue weighted by molar-refractivity contribution is 9.10. The lowest BCUT2D eigenvalue weighted by Gasteiger charge is -2.16. The summed E-state index contributed by atoms with van der Waals surface area (Å²) in [6, 6.07) is 5.43. The van der Waals surface area contributed by atoms with Crippen molar-refractivity contribution >= 4 is 15.9 Å². The maximum absolute atomic E-state index is 12.4. The van der Waals surface area contributed by atoms with Crippen LogP contribution in [0.3, 0.4) is 0 Å². The van der Waals surface area contributed by atoms with Gasteiger partial charge >= 0.3 is 6.61 Å². The van der Waals surface area contributed by atoms with Gasteiger partial charge in [0.05, 0.1) is 0 Å². The predicted molar refractivity (Wildman–Crippen MR) is 81.2 cm³/mol. The van der Waals surface area contributed by atoms with Gasteiger partial charge in [0.15, 0.2) is 0 Å². The number of alkyl halides is 2. The number of ether oxygens (including phenoxy) is 1. The molecular formula is C15H22BrF2NO. The first-order valence-electron chi connectivity index (χ1n) is 6.99. The Hall–Kier alpha value is -0.680. The molecular weight excluding hydrogens is 328 g/mol. The maximum Gasteiger partial charge on any atom is 0.387 e. The van der Waals surface area contributed by atoms with Crippen LogP contribution in [0, 0.1) is 0 Å². The molecule has 5 heteroatoms. The van der Waals surface area contributed by atoms with Crippen LogP contribution in [0.2, 0.25) is 0 Å². The number of hydrogen-bond acceptors (Lipinski definition) is 2. The van der Waals surface area contributed by atoms with Crippen LogP contribution in [-0.2, 0) is 6.54 Å². The third kappa shape index (κ3) is 6.66. The summed E-state index contributed by atoms with van der Waals surface area (Å²) in [5, 5.41) is 3.35. The van der Waals surface area contributed by atoms with Gasteiger partial charge in [-0.2, -0.15) is 8.78 Å². The molecule has 20 heavy (non-hydrogen) atoms. The second-order valence-corrected chi connectivity index (χ2v) is 5.82. The van der Waals surface area contributed by atoms with Crippen molar-refractivity contribution in [1.29, 1.82) is 0 Å². The highest BCUT2D eigenvalue weighted by atomic mass is 79.9. The Bertz CT molecular complexity index is 401. The van der Waals surface area contributed by atoms with E-state index in [9.17, 15) is 8.78 Å². The second kappa shape index (κ2) is 9.29. The first kappa shape index (κ1) is 17.4. The van der Waals surface area contributed by atoms with Crippen LogP contribution >= 0.6 is 15.9 Å². The normalized spacial score (nSPS) is 12.7. The van der Waals surface area contributed by atoms with Crippen molar-refractivity contribution in [3.63, 3.8) is 0 Å². The summed E-state index contributed by atoms with van der Waals surface area (Å²) < 4.78 is 30.1. The highest BCUT2D eigenvalue weighted by Crippen LogP contribution is 2.25. The Kier molecular flexibility index (Phi) is 8.07. The van der Waals surface area contributed by atoms with Gasteiger partial charge in [-0.3, -0.25) is 0 Å². The van der Waals surface area contributed by atoms with Crippen LogP contribution in [0.1, 0.15) is 45.1 Å². The lowest BCUT2D eigenvalue weighted by molar-refractivity contribution is -0.0505. The van der Waals surface area contributed by atoms with E-state index >= 15 is 0 Å². The molecule has 0 heterocycles. The predicted octanol–water partition coefficient (Wildman–Crippen LogP) is 5.11. The van der Waals surface area contributed by atoms with Crippen molar-refractivity contribution in [2.75, 3.05) is 0 Å². The number of benzene rings is 1. The molecule has 2 nitrogen and oxygen atoms in total. The first-order chi connectivity index (χ1) is 9.52. The highest BCUT2D eigenvalue weighted by Gasteiger charge is 2.11. The molecule has 0 aliphatic rings. The van der Waals surface area contributed by atoms with E-state index in [2.05, 4.69) is 39.8 Å². The monoisotopic (exact) mass is 349 g/mol. The van der Waals surface area contributed by atoms with Gasteiger partial charge in [0.1, 0.15) is 5.75 Å². The topological polar surface area (TPSA) is 21.3 Å². The molecule has 1 aromatic rings. The standard InChI is InChI=1S/C15H22BrF2NO/c1-3-4-5-6-11(2)19-10-12-9-13(16)7-8-14(12)20-15(17)18/h7-9,11,15,19H,3-6,10H2,1-2H3. The summed E-state index contributed by atoms with van der Waals surface area (Å²) in [4.78, 5) is 0. The molecule has 1 atom stereocenters. The minimum absolute atomic E-state index is 0.233. The Morgan fingerprint density at radius 2 is 2.05 bits per heavy atom. The summed E-state index contributed by atoms with van der Waals surface area (Å²) >= 11 is 3.35. The average molecular weight is 350 g/mol. The summed E-state index contributed by atoms with van der Waals surface area (Å²) in [5.41, 5.74) is 0.738. The molecule has 0 aliphatic heterocycles. The van der Waals surface area contributed by atoms with Crippen LogP contribution in [-0.4, -0.2) is 12.7 Å². The van der Waals surface area contributed by atoms with E-state index in [0.29, 0.717) is 12.6 Å². The summed E-state index contributed by atoms with van der Waals surface area (Å²) in [6.07, 6.45) is 4.70. The summed E-state index contributed by atoms with van der Waals surface area (Å²) in [5.74, 6) is 0.233. The van der Waals surface area contributed by atoms with Crippen LogP contribution in [0.4, 0.5) is 8.78 Å². The molecule has 114 valence electrons. The largest absolute Gasteiger partial charge is 0.434 e. The second-order valence-electron chi connectivity index (χ2n) is 4.91. The number of nitrogens with one attached hydrogen (secondary N) is 1. The van der Waals surface area contributed by atoms with Gasteiger partial charge < -0.3 is 10.1 Å². The fourth-order valence-corrected chi connectivity index (χ4v) is 2.39. The molecule has 0 aromatic heterocycles. The fraction of sp³-hybridized carbons (Fsp3) is 0.600. The lowest BCUT2D eigenvalue weighted by atomic mass is 10.1. The van der Waals surface area contributed by atoms with E-state index in [1.54, 1.807) is 12.1 Å². The van der Waals surface area contributed by atoms with Crippen molar-refractivity contribution in [2.24, 2.45) is 0 Å². The van der Waals surface area contributed by atoms with Gasteiger partial charge in [-0.1, -0.05) is 42.1 Å². The third-order valence-corrected chi connectivity index (χ3v) is 3.61. The SMILES string of the molecule is CCCCCC(C)NCc1cc(Br)ccc1OC(F)F. The molecule has 0 aliphatic carbocycles. The third-order valence-electron chi connectivity index (χ3n) is 3.12. The van der Waals surface area contributed by atoms with Gasteiger partial charge in [0.25, 0.3) is 0 Å². The lowest BCUT2D eigenvalue weighted by Crippen LogP contribution is -2.25. The van der Waals surface area contributed by atoms with Crippen molar-refractivity contribution in [1.82, 2.24) is 5.32 Å². The first-order valence-corrected chi connectivity index (χ1v) is 7.78. The van der Waals surface area contributed by atoms with Crippen LogP contribution in [0.25, 0.3) is 0 Å². The van der Waals surface area contributed by atoms with Gasteiger partial charge in [-0.05, 0) is 31.5 Å². The fourth-order valence-electron chi connectivity index (χ4n) is 1.98. The minimum Gasteiger partial charge on any atom is -0.434 e. The van der Waals surface area contributed by atoms with E-state index in [1.165, 1.54) is 19.3 Å². The molecule has 0 spiro atoms. The number of rotatable bonds is 9. The smallest absolute Gasteiger partial charge is 0.387 e. The number of unbranched alkanes of at least 4 members (excludes halogenated alkanes) is 2. The average Bonchev–Trinajstić information content (AvgIpc) is 2.39. The molecule has 1 N–H and O–H groups in total. The molecule has 0 saturated heterocycles. The molecule has 1 unspecified atom stereocenters. The van der Waals surface area contributed by atoms with Crippen LogP contribution < -0.4 is 10.1 Å². The Labute approximate surface area is 128 Å². The van der Waals surface area contributed by atoms with Crippen LogP contribution in [0.15, 0.2) is 22.7 Å². The van der Waals surface area contributed by atoms with E-state index in [4.69, 9.17) is 0 Å². The molecule has 1 rings (SSSR count). The number of hydrogen-bond donors (Lipinski definition) is 1. The van der Waals surface area contributed by atoms with E-state index < -0.39 is 6.61 Å². The zero-order chi connectivity index (χ0) is 15.0. The molecule has 0 amide bonds. The van der Waals surface area contributed by atoms with Crippen molar-refractivity contribution < 1.29 is 13.5 Å². The number of halogens is 3. The molecule has 0 saturated carbocycles. The Morgan fingerprint density at radius 3 is 2.70 bits per heavy atom. The van der Waals surface area contributed by atoms with E-state index in [0.717, 1.165) is 16.5 Å². The van der Waals surface area contributed by atoms with Crippen molar-refractivity contribution in [3.05, 3.63) is 28.2 Å². The zero-order valence-electron chi connectivity index (χ0n) is 12.0. The molecule has 0 bridgehead atoms. The van der Waals surface area contributed by atoms with E-state index in [1.807, 2.05) is 6.07 Å². The van der Waals surface area contributed by atoms with Gasteiger partial charge in [-0.15, -0.1) is 0 Å². The quantitative estimate of drug-likeness (QED) is 0.625. The molecule has 1 aromatic carbocycles. The van der Waals surface area contributed by atoms with Gasteiger partial charge in [0, 0.05) is 22.6 Å². The Balaban J connectivity index is 2.54. The minimum atomic E-state index is -2.79. The van der Waals surface area contributed by atoms with E-state index in [-0.39, 0.29) is 5.75 Å². The Morgan fingerprint density at radius 1 is 1.30 bits per heavy atom. The van der Waals surface area contributed by atoms with Gasteiger partial charge in [0.2, 0.25) is 0 Å².